The molecule has 0 saturated carbocycles. The van der Waals surface area contributed by atoms with Gasteiger partial charge in [-0.1, -0.05) is 20.8 Å². The molecule has 0 spiro atoms. The Balaban J connectivity index is 2.97. The lowest BCUT2D eigenvalue weighted by Gasteiger charge is -2.31. The zero-order valence-electron chi connectivity index (χ0n) is 11.7. The van der Waals surface area contributed by atoms with E-state index >= 15 is 0 Å². The van der Waals surface area contributed by atoms with E-state index in [1.54, 1.807) is 18.2 Å². The summed E-state index contributed by atoms with van der Waals surface area (Å²) in [5, 5.41) is 12.2. The van der Waals surface area contributed by atoms with E-state index in [1.807, 2.05) is 20.8 Å². The second kappa shape index (κ2) is 6.26. The Morgan fingerprint density at radius 3 is 2.40 bits per heavy atom. The zero-order valence-corrected chi connectivity index (χ0v) is 13.3. The number of aliphatic carboxylic acids is 1. The van der Waals surface area contributed by atoms with Gasteiger partial charge in [-0.3, -0.25) is 9.59 Å². The highest BCUT2D eigenvalue weighted by atomic mass is 79.9. The van der Waals surface area contributed by atoms with E-state index in [4.69, 9.17) is 10.8 Å². The van der Waals surface area contributed by atoms with E-state index in [0.29, 0.717) is 10.0 Å². The molecule has 5 nitrogen and oxygen atoms in total. The summed E-state index contributed by atoms with van der Waals surface area (Å²) >= 11 is 3.28. The summed E-state index contributed by atoms with van der Waals surface area (Å²) in [6.45, 7) is 5.92. The first-order valence-electron chi connectivity index (χ1n) is 6.19. The van der Waals surface area contributed by atoms with Gasteiger partial charge in [0, 0.05) is 16.2 Å². The van der Waals surface area contributed by atoms with E-state index in [1.165, 1.54) is 0 Å². The maximum Gasteiger partial charge on any atom is 0.305 e. The zero-order chi connectivity index (χ0) is 15.5. The molecule has 110 valence electrons. The van der Waals surface area contributed by atoms with Crippen LogP contribution in [0.1, 0.15) is 37.6 Å². The molecule has 0 bridgehead atoms. The second-order valence-electron chi connectivity index (χ2n) is 5.72. The highest BCUT2D eigenvalue weighted by Crippen LogP contribution is 2.28. The average Bonchev–Trinajstić information content (AvgIpc) is 2.25. The van der Waals surface area contributed by atoms with Gasteiger partial charge in [-0.05, 0) is 39.5 Å². The van der Waals surface area contributed by atoms with Crippen LogP contribution in [0, 0.1) is 5.41 Å². The van der Waals surface area contributed by atoms with Gasteiger partial charge in [0.15, 0.2) is 0 Å². The van der Waals surface area contributed by atoms with E-state index in [2.05, 4.69) is 21.2 Å². The normalized spacial score (nSPS) is 12.8. The third kappa shape index (κ3) is 4.52. The van der Waals surface area contributed by atoms with Gasteiger partial charge in [0.25, 0.3) is 0 Å². The van der Waals surface area contributed by atoms with E-state index in [9.17, 15) is 9.59 Å². The summed E-state index contributed by atoms with van der Waals surface area (Å²) in [5.74, 6) is -1.37. The average molecular weight is 343 g/mol. The Bertz CT molecular complexity index is 524. The van der Waals surface area contributed by atoms with Crippen LogP contribution in [0.5, 0.6) is 0 Å². The number of carbonyl (C=O) groups excluding carboxylic acids is 1. The van der Waals surface area contributed by atoms with Crippen molar-refractivity contribution < 1.29 is 14.7 Å². The van der Waals surface area contributed by atoms with Crippen molar-refractivity contribution in [1.82, 2.24) is 0 Å². The molecule has 0 aliphatic rings. The number of halogens is 1. The van der Waals surface area contributed by atoms with Crippen molar-refractivity contribution in [3.63, 3.8) is 0 Å². The Morgan fingerprint density at radius 1 is 1.40 bits per heavy atom. The maximum atomic E-state index is 11.2. The first-order valence-corrected chi connectivity index (χ1v) is 6.98. The quantitative estimate of drug-likeness (QED) is 0.766. The van der Waals surface area contributed by atoms with Crippen molar-refractivity contribution >= 4 is 33.5 Å². The van der Waals surface area contributed by atoms with Crippen LogP contribution in [-0.4, -0.2) is 23.0 Å². The number of carbonyl (C=O) groups is 2. The second-order valence-corrected chi connectivity index (χ2v) is 6.57. The van der Waals surface area contributed by atoms with Crippen LogP contribution in [-0.2, 0) is 4.79 Å². The molecule has 0 fully saturated rings. The molecule has 1 aromatic rings. The van der Waals surface area contributed by atoms with Crippen molar-refractivity contribution in [1.29, 1.82) is 0 Å². The number of primary amides is 1. The van der Waals surface area contributed by atoms with Gasteiger partial charge in [0.1, 0.15) is 0 Å². The highest BCUT2D eigenvalue weighted by molar-refractivity contribution is 9.10. The Morgan fingerprint density at radius 2 is 2.00 bits per heavy atom. The molecule has 0 radical (unpaired) electrons. The van der Waals surface area contributed by atoms with E-state index in [0.717, 1.165) is 5.69 Å². The Kier molecular flexibility index (Phi) is 5.16. The minimum atomic E-state index is -0.856. The van der Waals surface area contributed by atoms with Crippen LogP contribution < -0.4 is 11.1 Å². The number of hydrogen-bond acceptors (Lipinski definition) is 3. The number of nitrogens with two attached hydrogens (primary N) is 1. The standard InChI is InChI=1S/C14H19BrN2O3/c1-14(2,3)11(7-12(18)19)17-8-4-5-9(13(16)20)10(15)6-8/h4-6,11,17H,7H2,1-3H3,(H2,16,20)(H,18,19). The Labute approximate surface area is 126 Å². The summed E-state index contributed by atoms with van der Waals surface area (Å²) in [4.78, 5) is 22.1. The molecule has 1 unspecified atom stereocenters. The molecule has 0 heterocycles. The summed E-state index contributed by atoms with van der Waals surface area (Å²) in [5.41, 5.74) is 6.15. The topological polar surface area (TPSA) is 92.4 Å². The number of nitrogens with one attached hydrogen (secondary N) is 1. The van der Waals surface area contributed by atoms with Crippen LogP contribution >= 0.6 is 15.9 Å². The summed E-state index contributed by atoms with van der Waals surface area (Å²) < 4.78 is 0.581. The fraction of sp³-hybridized carbons (Fsp3) is 0.429. The molecule has 0 saturated heterocycles. The minimum Gasteiger partial charge on any atom is -0.481 e. The molecule has 1 amide bonds. The van der Waals surface area contributed by atoms with Crippen LogP contribution in [0.15, 0.2) is 22.7 Å². The van der Waals surface area contributed by atoms with E-state index in [-0.39, 0.29) is 17.9 Å². The van der Waals surface area contributed by atoms with Gasteiger partial charge in [-0.15, -0.1) is 0 Å². The maximum absolute atomic E-state index is 11.2. The predicted octanol–water partition coefficient (Wildman–Crippen LogP) is 2.85. The summed E-state index contributed by atoms with van der Waals surface area (Å²) in [6.07, 6.45) is 0.0126. The smallest absolute Gasteiger partial charge is 0.305 e. The first kappa shape index (κ1) is 16.5. The fourth-order valence-corrected chi connectivity index (χ4v) is 2.33. The monoisotopic (exact) mass is 342 g/mol. The molecule has 0 aromatic heterocycles. The van der Waals surface area contributed by atoms with E-state index < -0.39 is 11.9 Å². The van der Waals surface area contributed by atoms with Crippen molar-refractivity contribution in [2.75, 3.05) is 5.32 Å². The van der Waals surface area contributed by atoms with Crippen molar-refractivity contribution in [3.8, 4) is 0 Å². The van der Waals surface area contributed by atoms with Crippen LogP contribution in [0.3, 0.4) is 0 Å². The lowest BCUT2D eigenvalue weighted by atomic mass is 9.84. The lowest BCUT2D eigenvalue weighted by Crippen LogP contribution is -2.36. The van der Waals surface area contributed by atoms with Gasteiger partial charge < -0.3 is 16.2 Å². The molecule has 6 heteroatoms. The predicted molar refractivity (Wildman–Crippen MR) is 81.8 cm³/mol. The molecule has 4 N–H and O–H groups in total. The minimum absolute atomic E-state index is 0.0126. The van der Waals surface area contributed by atoms with Crippen LogP contribution in [0.4, 0.5) is 5.69 Å². The van der Waals surface area contributed by atoms with Gasteiger partial charge in [-0.2, -0.15) is 0 Å². The number of amides is 1. The lowest BCUT2D eigenvalue weighted by molar-refractivity contribution is -0.137. The Hall–Kier alpha value is -1.56. The molecule has 0 aliphatic carbocycles. The van der Waals surface area contributed by atoms with Crippen molar-refractivity contribution in [2.45, 2.75) is 33.2 Å². The summed E-state index contributed by atoms with van der Waals surface area (Å²) in [7, 11) is 0. The molecule has 1 aromatic carbocycles. The fourth-order valence-electron chi connectivity index (χ4n) is 1.75. The van der Waals surface area contributed by atoms with Crippen molar-refractivity contribution in [2.24, 2.45) is 11.1 Å². The first-order chi connectivity index (χ1) is 9.11. The van der Waals surface area contributed by atoms with Gasteiger partial charge >= 0.3 is 5.97 Å². The number of carboxylic acids is 1. The molecule has 1 atom stereocenters. The molecular weight excluding hydrogens is 324 g/mol. The largest absolute Gasteiger partial charge is 0.481 e. The van der Waals surface area contributed by atoms with Crippen molar-refractivity contribution in [3.05, 3.63) is 28.2 Å². The number of anilines is 1. The van der Waals surface area contributed by atoms with Crippen LogP contribution in [0.25, 0.3) is 0 Å². The molecular formula is C14H19BrN2O3. The van der Waals surface area contributed by atoms with Gasteiger partial charge in [0.2, 0.25) is 5.91 Å². The SMILES string of the molecule is CC(C)(C)C(CC(=O)O)Nc1ccc(C(N)=O)c(Br)c1. The number of carboxylic acid groups (broad SMARTS) is 1. The molecule has 1 rings (SSSR count). The number of benzene rings is 1. The third-order valence-corrected chi connectivity index (χ3v) is 3.66. The number of rotatable bonds is 5. The third-order valence-electron chi connectivity index (χ3n) is 3.00. The molecule has 0 aliphatic heterocycles. The molecule has 20 heavy (non-hydrogen) atoms. The highest BCUT2D eigenvalue weighted by Gasteiger charge is 2.27. The van der Waals surface area contributed by atoms with Gasteiger partial charge in [-0.25, -0.2) is 0 Å². The van der Waals surface area contributed by atoms with Gasteiger partial charge in [0.05, 0.1) is 12.0 Å². The summed E-state index contributed by atoms with van der Waals surface area (Å²) in [6, 6.07) is 4.81. The van der Waals surface area contributed by atoms with Crippen LogP contribution in [0.2, 0.25) is 0 Å². The number of hydrogen-bond donors (Lipinski definition) is 3.